The number of anilines is 1. The minimum absolute atomic E-state index is 0.0296. The van der Waals surface area contributed by atoms with Gasteiger partial charge < -0.3 is 14.4 Å². The second kappa shape index (κ2) is 8.59. The van der Waals surface area contributed by atoms with E-state index >= 15 is 0 Å². The van der Waals surface area contributed by atoms with Crippen LogP contribution in [-0.4, -0.2) is 50.2 Å². The highest BCUT2D eigenvalue weighted by atomic mass is 16.6. The van der Waals surface area contributed by atoms with Gasteiger partial charge >= 0.3 is 0 Å². The highest BCUT2D eigenvalue weighted by Gasteiger charge is 2.24. The lowest BCUT2D eigenvalue weighted by Crippen LogP contribution is -2.46. The van der Waals surface area contributed by atoms with E-state index in [4.69, 9.17) is 14.7 Å². The maximum atomic E-state index is 11.4. The number of rotatable bonds is 6. The molecule has 2 aromatic carbocycles. The van der Waals surface area contributed by atoms with E-state index < -0.39 is 4.92 Å². The molecule has 0 bridgehead atoms. The monoisotopic (exact) mass is 382 g/mol. The molecular weight excluding hydrogens is 360 g/mol. The highest BCUT2D eigenvalue weighted by molar-refractivity contribution is 5.66. The molecule has 1 aliphatic rings. The SMILES string of the molecule is COc1ccc(OC)c(CN2CCN(c3cc(C#N)ccc3[N+](=O)[O-])CC2)c1. The standard InChI is InChI=1S/C20H22N4O4/c1-27-17-4-6-20(28-2)16(12-17)14-22-7-9-23(10-8-22)19-11-15(13-21)3-5-18(19)24(25)26/h3-6,11-12H,7-10,14H2,1-2H3. The molecule has 0 unspecified atom stereocenters. The van der Waals surface area contributed by atoms with Crippen molar-refractivity contribution in [3.8, 4) is 17.6 Å². The van der Waals surface area contributed by atoms with Gasteiger partial charge in [0.2, 0.25) is 0 Å². The lowest BCUT2D eigenvalue weighted by Gasteiger charge is -2.36. The van der Waals surface area contributed by atoms with Crippen LogP contribution in [0.15, 0.2) is 36.4 Å². The molecule has 2 aromatic rings. The Kier molecular flexibility index (Phi) is 5.96. The van der Waals surface area contributed by atoms with Crippen LogP contribution < -0.4 is 14.4 Å². The number of nitriles is 1. The van der Waals surface area contributed by atoms with Gasteiger partial charge in [-0.05, 0) is 30.3 Å². The van der Waals surface area contributed by atoms with Crippen molar-refractivity contribution in [2.24, 2.45) is 0 Å². The van der Waals surface area contributed by atoms with Gasteiger partial charge in [0.1, 0.15) is 17.2 Å². The maximum Gasteiger partial charge on any atom is 0.292 e. The van der Waals surface area contributed by atoms with Crippen LogP contribution in [0.5, 0.6) is 11.5 Å². The molecule has 0 aromatic heterocycles. The summed E-state index contributed by atoms with van der Waals surface area (Å²) >= 11 is 0. The van der Waals surface area contributed by atoms with E-state index in [0.717, 1.165) is 30.2 Å². The number of ether oxygens (including phenoxy) is 2. The molecule has 0 aliphatic carbocycles. The smallest absolute Gasteiger partial charge is 0.292 e. The number of hydrogen-bond acceptors (Lipinski definition) is 7. The average molecular weight is 382 g/mol. The van der Waals surface area contributed by atoms with Gasteiger partial charge in [-0.2, -0.15) is 5.26 Å². The van der Waals surface area contributed by atoms with Crippen LogP contribution in [0.3, 0.4) is 0 Å². The second-order valence-electron chi connectivity index (χ2n) is 6.51. The Morgan fingerprint density at radius 3 is 2.46 bits per heavy atom. The lowest BCUT2D eigenvalue weighted by molar-refractivity contribution is -0.384. The summed E-state index contributed by atoms with van der Waals surface area (Å²) in [5.74, 6) is 1.58. The first kappa shape index (κ1) is 19.5. The Morgan fingerprint density at radius 2 is 1.86 bits per heavy atom. The van der Waals surface area contributed by atoms with Crippen molar-refractivity contribution in [1.82, 2.24) is 4.90 Å². The number of methoxy groups -OCH3 is 2. The van der Waals surface area contributed by atoms with Gasteiger partial charge in [0.05, 0.1) is 30.8 Å². The van der Waals surface area contributed by atoms with Gasteiger partial charge in [-0.15, -0.1) is 0 Å². The number of nitro benzene ring substituents is 1. The van der Waals surface area contributed by atoms with Gasteiger partial charge in [-0.3, -0.25) is 15.0 Å². The molecule has 0 atom stereocenters. The van der Waals surface area contributed by atoms with Gasteiger partial charge in [-0.1, -0.05) is 0 Å². The van der Waals surface area contributed by atoms with E-state index in [1.165, 1.54) is 12.1 Å². The van der Waals surface area contributed by atoms with Crippen molar-refractivity contribution in [3.05, 3.63) is 57.6 Å². The van der Waals surface area contributed by atoms with E-state index in [1.807, 2.05) is 23.1 Å². The zero-order valence-electron chi connectivity index (χ0n) is 15.9. The Balaban J connectivity index is 1.72. The fourth-order valence-electron chi connectivity index (χ4n) is 3.39. The first-order valence-electron chi connectivity index (χ1n) is 8.92. The second-order valence-corrected chi connectivity index (χ2v) is 6.51. The van der Waals surface area contributed by atoms with E-state index in [9.17, 15) is 10.1 Å². The van der Waals surface area contributed by atoms with Crippen LogP contribution in [0.25, 0.3) is 0 Å². The Morgan fingerprint density at radius 1 is 1.11 bits per heavy atom. The normalized spacial score (nSPS) is 14.4. The van der Waals surface area contributed by atoms with Crippen molar-refractivity contribution >= 4 is 11.4 Å². The molecule has 0 N–H and O–H groups in total. The first-order chi connectivity index (χ1) is 13.5. The lowest BCUT2D eigenvalue weighted by atomic mass is 10.1. The molecule has 1 heterocycles. The minimum Gasteiger partial charge on any atom is -0.497 e. The van der Waals surface area contributed by atoms with Gasteiger partial charge in [0.15, 0.2) is 0 Å². The third-order valence-electron chi connectivity index (χ3n) is 4.90. The van der Waals surface area contributed by atoms with Crippen LogP contribution in [0.1, 0.15) is 11.1 Å². The molecule has 1 aliphatic heterocycles. The zero-order chi connectivity index (χ0) is 20.1. The molecule has 146 valence electrons. The summed E-state index contributed by atoms with van der Waals surface area (Å²) < 4.78 is 10.7. The molecular formula is C20H22N4O4. The van der Waals surface area contributed by atoms with Crippen LogP contribution >= 0.6 is 0 Å². The van der Waals surface area contributed by atoms with Crippen molar-refractivity contribution in [3.63, 3.8) is 0 Å². The number of nitro groups is 1. The fourth-order valence-corrected chi connectivity index (χ4v) is 3.39. The van der Waals surface area contributed by atoms with Crippen molar-refractivity contribution < 1.29 is 14.4 Å². The zero-order valence-corrected chi connectivity index (χ0v) is 15.9. The molecule has 0 amide bonds. The number of benzene rings is 2. The van der Waals surface area contributed by atoms with Crippen LogP contribution in [0.4, 0.5) is 11.4 Å². The predicted molar refractivity (Wildman–Crippen MR) is 105 cm³/mol. The summed E-state index contributed by atoms with van der Waals surface area (Å²) in [6, 6.07) is 12.2. The quantitative estimate of drug-likeness (QED) is 0.560. The molecule has 0 radical (unpaired) electrons. The topological polar surface area (TPSA) is 91.9 Å². The molecule has 8 nitrogen and oxygen atoms in total. The van der Waals surface area contributed by atoms with Gasteiger partial charge in [-0.25, -0.2) is 0 Å². The van der Waals surface area contributed by atoms with E-state index in [2.05, 4.69) is 11.0 Å². The minimum atomic E-state index is -0.399. The predicted octanol–water partition coefficient (Wildman–Crippen LogP) is 2.81. The summed E-state index contributed by atoms with van der Waals surface area (Å²) in [5, 5.41) is 20.5. The maximum absolute atomic E-state index is 11.4. The highest BCUT2D eigenvalue weighted by Crippen LogP contribution is 2.31. The fraction of sp³-hybridized carbons (Fsp3) is 0.350. The summed E-state index contributed by atoms with van der Waals surface area (Å²) in [6.45, 7) is 3.47. The number of hydrogen-bond donors (Lipinski definition) is 0. The molecule has 8 heteroatoms. The molecule has 0 saturated carbocycles. The number of nitrogens with zero attached hydrogens (tertiary/aromatic N) is 4. The first-order valence-corrected chi connectivity index (χ1v) is 8.92. The third-order valence-corrected chi connectivity index (χ3v) is 4.90. The Labute approximate surface area is 163 Å². The number of piperazine rings is 1. The molecule has 0 spiro atoms. The summed E-state index contributed by atoms with van der Waals surface area (Å²) in [4.78, 5) is 15.2. The van der Waals surface area contributed by atoms with Crippen LogP contribution in [-0.2, 0) is 6.54 Å². The largest absolute Gasteiger partial charge is 0.497 e. The Bertz CT molecular complexity index is 902. The summed E-state index contributed by atoms with van der Waals surface area (Å²) in [7, 11) is 3.27. The molecule has 1 saturated heterocycles. The van der Waals surface area contributed by atoms with Crippen molar-refractivity contribution in [1.29, 1.82) is 5.26 Å². The van der Waals surface area contributed by atoms with Crippen molar-refractivity contribution in [2.75, 3.05) is 45.3 Å². The third kappa shape index (κ3) is 4.15. The van der Waals surface area contributed by atoms with Crippen molar-refractivity contribution in [2.45, 2.75) is 6.54 Å². The van der Waals surface area contributed by atoms with E-state index in [1.54, 1.807) is 20.3 Å². The summed E-state index contributed by atoms with van der Waals surface area (Å²) in [6.07, 6.45) is 0. The van der Waals surface area contributed by atoms with Gasteiger partial charge in [0, 0.05) is 44.4 Å². The van der Waals surface area contributed by atoms with E-state index in [0.29, 0.717) is 30.9 Å². The Hall–Kier alpha value is -3.31. The molecule has 1 fully saturated rings. The van der Waals surface area contributed by atoms with Crippen LogP contribution in [0.2, 0.25) is 0 Å². The summed E-state index contributed by atoms with van der Waals surface area (Å²) in [5.41, 5.74) is 1.99. The van der Waals surface area contributed by atoms with Crippen LogP contribution in [0, 0.1) is 21.4 Å². The van der Waals surface area contributed by atoms with Gasteiger partial charge in [0.25, 0.3) is 5.69 Å². The molecule has 3 rings (SSSR count). The average Bonchev–Trinajstić information content (AvgIpc) is 2.73. The molecule has 28 heavy (non-hydrogen) atoms. The van der Waals surface area contributed by atoms with E-state index in [-0.39, 0.29) is 5.69 Å².